The molecule has 0 unspecified atom stereocenters. The molecule has 7 nitrogen and oxygen atoms in total. The molecule has 0 saturated heterocycles. The van der Waals surface area contributed by atoms with E-state index >= 15 is 0 Å². The summed E-state index contributed by atoms with van der Waals surface area (Å²) < 4.78 is 0. The van der Waals surface area contributed by atoms with Gasteiger partial charge in [0.2, 0.25) is 11.8 Å². The van der Waals surface area contributed by atoms with E-state index in [1.54, 1.807) is 12.1 Å². The summed E-state index contributed by atoms with van der Waals surface area (Å²) in [5.74, 6) is -0.454. The van der Waals surface area contributed by atoms with Crippen molar-refractivity contribution in [2.24, 2.45) is 0 Å². The Balaban J connectivity index is 1.98. The number of likely N-dealkylation sites (N-methyl/N-ethyl adjacent to an activating group) is 1. The van der Waals surface area contributed by atoms with E-state index < -0.39 is 0 Å². The van der Waals surface area contributed by atoms with Crippen LogP contribution in [0.1, 0.15) is 11.3 Å². The number of benzene rings is 1. The summed E-state index contributed by atoms with van der Waals surface area (Å²) in [5.41, 5.74) is 1.48. The molecule has 9 heteroatoms. The first-order valence-electron chi connectivity index (χ1n) is 7.37. The van der Waals surface area contributed by atoms with Crippen molar-refractivity contribution in [3.05, 3.63) is 50.9 Å². The number of thioether (sulfide) groups is 1. The minimum Gasteiger partial charge on any atom is -0.359 e. The van der Waals surface area contributed by atoms with Crippen molar-refractivity contribution >= 4 is 40.9 Å². The van der Waals surface area contributed by atoms with E-state index in [0.29, 0.717) is 16.4 Å². The maximum Gasteiger partial charge on any atom is 0.251 e. The van der Waals surface area contributed by atoms with Gasteiger partial charge in [-0.2, -0.15) is 0 Å². The number of halogens is 1. The largest absolute Gasteiger partial charge is 0.359 e. The van der Waals surface area contributed by atoms with Gasteiger partial charge in [-0.3, -0.25) is 14.4 Å². The fourth-order valence-electron chi connectivity index (χ4n) is 1.90. The van der Waals surface area contributed by atoms with E-state index in [1.807, 2.05) is 13.0 Å². The molecule has 1 aromatic carbocycles. The number of rotatable bonds is 6. The Hall–Kier alpha value is -2.32. The average Bonchev–Trinajstić information content (AvgIpc) is 2.56. The molecular formula is C16H17ClN4O3S. The van der Waals surface area contributed by atoms with Crippen LogP contribution >= 0.6 is 23.4 Å². The Morgan fingerprint density at radius 1 is 1.28 bits per heavy atom. The van der Waals surface area contributed by atoms with Crippen molar-refractivity contribution in [2.75, 3.05) is 18.1 Å². The monoisotopic (exact) mass is 380 g/mol. The summed E-state index contributed by atoms with van der Waals surface area (Å²) in [7, 11) is 1.51. The van der Waals surface area contributed by atoms with Crippen LogP contribution in [0, 0.1) is 6.92 Å². The summed E-state index contributed by atoms with van der Waals surface area (Å²) in [5, 5.41) is 6.04. The van der Waals surface area contributed by atoms with Gasteiger partial charge in [0.15, 0.2) is 5.16 Å². The standard InChI is InChI=1S/C16H17ClN4O3S/c1-9-3-4-10(5-12(9)17)19-15(24)8-25-16-20-11(6-13(22)18-2)7-14(23)21-16/h3-5,7H,6,8H2,1-2H3,(H,18,22)(H,19,24)(H,20,21,23). The van der Waals surface area contributed by atoms with Crippen LogP contribution in [0.2, 0.25) is 5.02 Å². The van der Waals surface area contributed by atoms with Crippen LogP contribution in [-0.4, -0.2) is 34.6 Å². The van der Waals surface area contributed by atoms with Crippen molar-refractivity contribution in [2.45, 2.75) is 18.5 Å². The van der Waals surface area contributed by atoms with Crippen LogP contribution < -0.4 is 16.2 Å². The van der Waals surface area contributed by atoms with Crippen molar-refractivity contribution in [1.29, 1.82) is 0 Å². The van der Waals surface area contributed by atoms with Gasteiger partial charge in [0, 0.05) is 23.8 Å². The number of nitrogens with zero attached hydrogens (tertiary/aromatic N) is 1. The van der Waals surface area contributed by atoms with Crippen LogP contribution in [0.15, 0.2) is 34.2 Å². The first-order chi connectivity index (χ1) is 11.9. The Kier molecular flexibility index (Phi) is 6.60. The number of H-pyrrole nitrogens is 1. The van der Waals surface area contributed by atoms with Gasteiger partial charge in [0.05, 0.1) is 17.9 Å². The molecule has 0 saturated carbocycles. The van der Waals surface area contributed by atoms with Crippen LogP contribution in [0.3, 0.4) is 0 Å². The molecule has 0 aliphatic rings. The first kappa shape index (κ1) is 19.0. The molecule has 0 radical (unpaired) electrons. The minimum atomic E-state index is -0.373. The number of carbonyl (C=O) groups is 2. The number of carbonyl (C=O) groups excluding carboxylic acids is 2. The summed E-state index contributed by atoms with van der Waals surface area (Å²) in [6.07, 6.45) is 0.00203. The Morgan fingerprint density at radius 3 is 2.72 bits per heavy atom. The second kappa shape index (κ2) is 8.68. The number of aromatic amines is 1. The molecule has 2 amide bonds. The number of amides is 2. The zero-order valence-corrected chi connectivity index (χ0v) is 15.3. The maximum absolute atomic E-state index is 12.0. The molecular weight excluding hydrogens is 364 g/mol. The fraction of sp³-hybridized carbons (Fsp3) is 0.250. The quantitative estimate of drug-likeness (QED) is 0.523. The van der Waals surface area contributed by atoms with Gasteiger partial charge in [0.25, 0.3) is 5.56 Å². The fourth-order valence-corrected chi connectivity index (χ4v) is 2.77. The highest BCUT2D eigenvalue weighted by atomic mass is 35.5. The van der Waals surface area contributed by atoms with Crippen molar-refractivity contribution in [1.82, 2.24) is 15.3 Å². The molecule has 0 atom stereocenters. The smallest absolute Gasteiger partial charge is 0.251 e. The van der Waals surface area contributed by atoms with Crippen LogP contribution in [0.25, 0.3) is 0 Å². The number of aryl methyl sites for hydroxylation is 1. The minimum absolute atomic E-state index is 0.00203. The molecule has 0 aliphatic heterocycles. The van der Waals surface area contributed by atoms with Crippen molar-refractivity contribution in [3.63, 3.8) is 0 Å². The zero-order valence-electron chi connectivity index (χ0n) is 13.7. The van der Waals surface area contributed by atoms with Gasteiger partial charge in [0.1, 0.15) is 0 Å². The van der Waals surface area contributed by atoms with Crippen LogP contribution in [0.4, 0.5) is 5.69 Å². The van der Waals surface area contributed by atoms with Gasteiger partial charge in [-0.1, -0.05) is 29.4 Å². The lowest BCUT2D eigenvalue weighted by atomic mass is 10.2. The third-order valence-corrected chi connectivity index (χ3v) is 4.47. The second-order valence-electron chi connectivity index (χ2n) is 5.19. The third-order valence-electron chi connectivity index (χ3n) is 3.19. The zero-order chi connectivity index (χ0) is 18.4. The van der Waals surface area contributed by atoms with E-state index in [2.05, 4.69) is 20.6 Å². The number of anilines is 1. The van der Waals surface area contributed by atoms with Gasteiger partial charge >= 0.3 is 0 Å². The van der Waals surface area contributed by atoms with Crippen LogP contribution in [-0.2, 0) is 16.0 Å². The maximum atomic E-state index is 12.0. The van der Waals surface area contributed by atoms with Gasteiger partial charge in [-0.05, 0) is 24.6 Å². The molecule has 1 heterocycles. The number of nitrogens with one attached hydrogen (secondary N) is 3. The molecule has 2 rings (SSSR count). The predicted molar refractivity (Wildman–Crippen MR) is 98.2 cm³/mol. The summed E-state index contributed by atoms with van der Waals surface area (Å²) in [6, 6.07) is 6.50. The molecule has 0 bridgehead atoms. The number of hydrogen-bond donors (Lipinski definition) is 3. The average molecular weight is 381 g/mol. The normalized spacial score (nSPS) is 10.4. The molecule has 1 aromatic heterocycles. The van der Waals surface area contributed by atoms with Gasteiger partial charge in [-0.15, -0.1) is 0 Å². The van der Waals surface area contributed by atoms with E-state index in [0.717, 1.165) is 17.3 Å². The Labute approximate surface area is 153 Å². The highest BCUT2D eigenvalue weighted by Gasteiger charge is 2.09. The molecule has 0 fully saturated rings. The lowest BCUT2D eigenvalue weighted by Crippen LogP contribution is -2.22. The first-order valence-corrected chi connectivity index (χ1v) is 8.73. The third kappa shape index (κ3) is 5.91. The molecule has 0 aliphatic carbocycles. The summed E-state index contributed by atoms with van der Waals surface area (Å²) >= 11 is 7.09. The van der Waals surface area contributed by atoms with E-state index in [-0.39, 0.29) is 34.7 Å². The van der Waals surface area contributed by atoms with Crippen molar-refractivity contribution < 1.29 is 9.59 Å². The SMILES string of the molecule is CNC(=O)Cc1cc(=O)[nH]c(SCC(=O)Nc2ccc(C)c(Cl)c2)n1. The van der Waals surface area contributed by atoms with Gasteiger partial charge in [-0.25, -0.2) is 4.98 Å². The van der Waals surface area contributed by atoms with Crippen LogP contribution in [0.5, 0.6) is 0 Å². The molecule has 3 N–H and O–H groups in total. The van der Waals surface area contributed by atoms with E-state index in [1.165, 1.54) is 13.1 Å². The van der Waals surface area contributed by atoms with E-state index in [4.69, 9.17) is 11.6 Å². The molecule has 132 valence electrons. The summed E-state index contributed by atoms with van der Waals surface area (Å²) in [6.45, 7) is 1.87. The molecule has 0 spiro atoms. The number of aromatic nitrogens is 2. The summed E-state index contributed by atoms with van der Waals surface area (Å²) in [4.78, 5) is 41.7. The molecule has 25 heavy (non-hydrogen) atoms. The van der Waals surface area contributed by atoms with Crippen molar-refractivity contribution in [3.8, 4) is 0 Å². The Bertz CT molecular complexity index is 854. The highest BCUT2D eigenvalue weighted by molar-refractivity contribution is 7.99. The lowest BCUT2D eigenvalue weighted by molar-refractivity contribution is -0.120. The molecule has 2 aromatic rings. The lowest BCUT2D eigenvalue weighted by Gasteiger charge is -2.07. The second-order valence-corrected chi connectivity index (χ2v) is 6.56. The van der Waals surface area contributed by atoms with E-state index in [9.17, 15) is 14.4 Å². The Morgan fingerprint density at radius 2 is 2.04 bits per heavy atom. The van der Waals surface area contributed by atoms with Gasteiger partial charge < -0.3 is 15.6 Å². The topological polar surface area (TPSA) is 104 Å². The number of hydrogen-bond acceptors (Lipinski definition) is 5. The predicted octanol–water partition coefficient (Wildman–Crippen LogP) is 1.75. The highest BCUT2D eigenvalue weighted by Crippen LogP contribution is 2.20.